The average molecular weight is 504 g/mol. The van der Waals surface area contributed by atoms with E-state index in [1.807, 2.05) is 74.5 Å². The molecule has 0 radical (unpaired) electrons. The molecule has 1 aromatic heterocycles. The maximum Gasteiger partial charge on any atom is 0.328 e. The molecule has 1 saturated heterocycles. The molecule has 3 aromatic rings. The van der Waals surface area contributed by atoms with Gasteiger partial charge in [0, 0.05) is 31.9 Å². The van der Waals surface area contributed by atoms with Crippen LogP contribution in [0.3, 0.4) is 0 Å². The normalized spacial score (nSPS) is 14.4. The minimum Gasteiger partial charge on any atom is -0.459 e. The largest absolute Gasteiger partial charge is 0.459 e. The van der Waals surface area contributed by atoms with Gasteiger partial charge in [0.15, 0.2) is 5.69 Å². The number of ether oxygens (including phenoxy) is 1. The zero-order valence-corrected chi connectivity index (χ0v) is 21.2. The first-order valence-electron chi connectivity index (χ1n) is 12.6. The highest BCUT2D eigenvalue weighted by Crippen LogP contribution is 2.18. The Morgan fingerprint density at radius 3 is 2.27 bits per heavy atom. The fraction of sp³-hybridized carbons (Fsp3) is 0.357. The van der Waals surface area contributed by atoms with Crippen LogP contribution in [-0.2, 0) is 16.1 Å². The van der Waals surface area contributed by atoms with Crippen LogP contribution in [0.15, 0.2) is 67.0 Å². The third-order valence-corrected chi connectivity index (χ3v) is 6.28. The monoisotopic (exact) mass is 503 g/mol. The summed E-state index contributed by atoms with van der Waals surface area (Å²) in [6.07, 6.45) is 1.72. The van der Waals surface area contributed by atoms with Crippen LogP contribution in [-0.4, -0.2) is 64.9 Å². The number of carbonyl (C=O) groups excluding carboxylic acids is 3. The maximum absolute atomic E-state index is 13.3. The standard InChI is InChI=1S/C28H33N5O4/c1-20(2)17-23(28(36)37-18-21-9-5-3-6-10-21)31-26(34)24-25(30-19-29-24)27(35)33-15-13-32(14-16-33)22-11-7-4-8-12-22/h3-12,19-20,23H,13-18H2,1-2H3,(H,29,30)(H,31,34)/t23-/m0/s1. The van der Waals surface area contributed by atoms with Crippen molar-refractivity contribution in [1.82, 2.24) is 20.2 Å². The summed E-state index contributed by atoms with van der Waals surface area (Å²) < 4.78 is 5.47. The predicted molar refractivity (Wildman–Crippen MR) is 140 cm³/mol. The summed E-state index contributed by atoms with van der Waals surface area (Å²) in [4.78, 5) is 50.1. The molecule has 2 N–H and O–H groups in total. The maximum atomic E-state index is 13.3. The van der Waals surface area contributed by atoms with Crippen molar-refractivity contribution in [3.63, 3.8) is 0 Å². The van der Waals surface area contributed by atoms with Gasteiger partial charge in [-0.25, -0.2) is 9.78 Å². The number of amides is 2. The Morgan fingerprint density at radius 1 is 0.973 bits per heavy atom. The Hall–Kier alpha value is -4.14. The number of hydrogen-bond donors (Lipinski definition) is 2. The van der Waals surface area contributed by atoms with Crippen LogP contribution in [0, 0.1) is 5.92 Å². The zero-order chi connectivity index (χ0) is 26.2. The second-order valence-corrected chi connectivity index (χ2v) is 9.49. The lowest BCUT2D eigenvalue weighted by Gasteiger charge is -2.36. The number of benzene rings is 2. The second-order valence-electron chi connectivity index (χ2n) is 9.49. The summed E-state index contributed by atoms with van der Waals surface area (Å²) in [5.41, 5.74) is 2.07. The molecular formula is C28H33N5O4. The Morgan fingerprint density at radius 2 is 1.62 bits per heavy atom. The van der Waals surface area contributed by atoms with E-state index in [1.54, 1.807) is 4.90 Å². The summed E-state index contributed by atoms with van der Waals surface area (Å²) in [6.45, 7) is 6.46. The molecule has 194 valence electrons. The number of carbonyl (C=O) groups is 3. The topological polar surface area (TPSA) is 108 Å². The van der Waals surface area contributed by atoms with Crippen LogP contribution in [0.5, 0.6) is 0 Å². The molecule has 0 bridgehead atoms. The van der Waals surface area contributed by atoms with E-state index in [-0.39, 0.29) is 29.8 Å². The van der Waals surface area contributed by atoms with Crippen molar-refractivity contribution in [2.24, 2.45) is 5.92 Å². The van der Waals surface area contributed by atoms with Crippen LogP contribution < -0.4 is 10.2 Å². The second kappa shape index (κ2) is 12.2. The van der Waals surface area contributed by atoms with E-state index in [9.17, 15) is 14.4 Å². The van der Waals surface area contributed by atoms with Crippen molar-refractivity contribution >= 4 is 23.5 Å². The molecule has 1 aliphatic rings. The van der Waals surface area contributed by atoms with E-state index in [2.05, 4.69) is 20.2 Å². The van der Waals surface area contributed by atoms with Gasteiger partial charge in [0.25, 0.3) is 11.8 Å². The lowest BCUT2D eigenvalue weighted by atomic mass is 10.0. The highest BCUT2D eigenvalue weighted by atomic mass is 16.5. The first-order chi connectivity index (χ1) is 17.9. The van der Waals surface area contributed by atoms with E-state index in [0.717, 1.165) is 11.3 Å². The van der Waals surface area contributed by atoms with Gasteiger partial charge < -0.3 is 24.8 Å². The molecule has 1 atom stereocenters. The van der Waals surface area contributed by atoms with Crippen molar-refractivity contribution in [2.75, 3.05) is 31.1 Å². The van der Waals surface area contributed by atoms with Crippen LogP contribution in [0.1, 0.15) is 46.8 Å². The highest BCUT2D eigenvalue weighted by Gasteiger charge is 2.30. The highest BCUT2D eigenvalue weighted by molar-refractivity contribution is 6.05. The van der Waals surface area contributed by atoms with Gasteiger partial charge in [-0.15, -0.1) is 0 Å². The number of nitrogens with zero attached hydrogens (tertiary/aromatic N) is 3. The summed E-state index contributed by atoms with van der Waals surface area (Å²) in [5, 5.41) is 2.74. The molecule has 37 heavy (non-hydrogen) atoms. The lowest BCUT2D eigenvalue weighted by Crippen LogP contribution is -2.49. The molecule has 2 heterocycles. The van der Waals surface area contributed by atoms with E-state index in [0.29, 0.717) is 32.6 Å². The fourth-order valence-corrected chi connectivity index (χ4v) is 4.34. The van der Waals surface area contributed by atoms with Crippen LogP contribution in [0.25, 0.3) is 0 Å². The number of nitrogens with one attached hydrogen (secondary N) is 2. The number of H-pyrrole nitrogens is 1. The SMILES string of the molecule is CC(C)C[C@H](NC(=O)c1nc[nH]c1C(=O)N1CCN(c2ccccc2)CC1)C(=O)OCc1ccccc1. The van der Waals surface area contributed by atoms with Crippen LogP contribution in [0.4, 0.5) is 5.69 Å². The van der Waals surface area contributed by atoms with E-state index in [1.165, 1.54) is 6.33 Å². The number of esters is 1. The number of aromatic nitrogens is 2. The summed E-state index contributed by atoms with van der Waals surface area (Å²) >= 11 is 0. The Labute approximate surface area is 216 Å². The van der Waals surface area contributed by atoms with Crippen LogP contribution in [0.2, 0.25) is 0 Å². The Bertz CT molecular complexity index is 1190. The number of anilines is 1. The van der Waals surface area contributed by atoms with Gasteiger partial charge in [-0.3, -0.25) is 9.59 Å². The van der Waals surface area contributed by atoms with Crippen LogP contribution >= 0.6 is 0 Å². The summed E-state index contributed by atoms with van der Waals surface area (Å²) in [7, 11) is 0. The van der Waals surface area contributed by atoms with Gasteiger partial charge in [0.2, 0.25) is 0 Å². The molecule has 0 spiro atoms. The fourth-order valence-electron chi connectivity index (χ4n) is 4.34. The third-order valence-electron chi connectivity index (χ3n) is 6.28. The van der Waals surface area contributed by atoms with Gasteiger partial charge >= 0.3 is 5.97 Å². The molecule has 1 aliphatic heterocycles. The van der Waals surface area contributed by atoms with Gasteiger partial charge in [-0.2, -0.15) is 0 Å². The number of para-hydroxylation sites is 1. The number of imidazole rings is 1. The molecule has 9 heteroatoms. The third kappa shape index (κ3) is 6.75. The summed E-state index contributed by atoms with van der Waals surface area (Å²) in [6, 6.07) is 18.6. The van der Waals surface area contributed by atoms with Crippen molar-refractivity contribution in [3.8, 4) is 0 Å². The van der Waals surface area contributed by atoms with Crippen molar-refractivity contribution < 1.29 is 19.1 Å². The molecule has 9 nitrogen and oxygen atoms in total. The minimum atomic E-state index is -0.856. The Kier molecular flexibility index (Phi) is 8.56. The number of aromatic amines is 1. The lowest BCUT2D eigenvalue weighted by molar-refractivity contribution is -0.147. The van der Waals surface area contributed by atoms with Crippen molar-refractivity contribution in [1.29, 1.82) is 0 Å². The first-order valence-corrected chi connectivity index (χ1v) is 12.6. The number of piperazine rings is 1. The van der Waals surface area contributed by atoms with E-state index >= 15 is 0 Å². The molecule has 0 aliphatic carbocycles. The molecular weight excluding hydrogens is 470 g/mol. The summed E-state index contributed by atoms with van der Waals surface area (Å²) in [5.74, 6) is -1.26. The molecule has 1 fully saturated rings. The molecule has 0 saturated carbocycles. The van der Waals surface area contributed by atoms with E-state index < -0.39 is 17.9 Å². The molecule has 0 unspecified atom stereocenters. The molecule has 2 aromatic carbocycles. The predicted octanol–water partition coefficient (Wildman–Crippen LogP) is 3.26. The average Bonchev–Trinajstić information content (AvgIpc) is 3.42. The Balaban J connectivity index is 1.38. The van der Waals surface area contributed by atoms with Gasteiger partial charge in [-0.1, -0.05) is 62.4 Å². The van der Waals surface area contributed by atoms with Crippen molar-refractivity contribution in [3.05, 3.63) is 83.9 Å². The first kappa shape index (κ1) is 25.9. The van der Waals surface area contributed by atoms with Gasteiger partial charge in [-0.05, 0) is 30.0 Å². The quantitative estimate of drug-likeness (QED) is 0.434. The minimum absolute atomic E-state index is 0.0277. The number of rotatable bonds is 9. The van der Waals surface area contributed by atoms with Gasteiger partial charge in [0.05, 0.1) is 6.33 Å². The van der Waals surface area contributed by atoms with Crippen molar-refractivity contribution in [2.45, 2.75) is 32.9 Å². The zero-order valence-electron chi connectivity index (χ0n) is 21.2. The smallest absolute Gasteiger partial charge is 0.328 e. The van der Waals surface area contributed by atoms with E-state index in [4.69, 9.17) is 4.74 Å². The molecule has 2 amide bonds. The number of hydrogen-bond acceptors (Lipinski definition) is 6. The molecule has 4 rings (SSSR count). The van der Waals surface area contributed by atoms with Gasteiger partial charge in [0.1, 0.15) is 18.3 Å².